The molecule has 1 aromatic rings. The van der Waals surface area contributed by atoms with Crippen molar-refractivity contribution in [3.05, 3.63) is 29.8 Å². The predicted molar refractivity (Wildman–Crippen MR) is 86.5 cm³/mol. The summed E-state index contributed by atoms with van der Waals surface area (Å²) in [6, 6.07) is 7.62. The Bertz CT molecular complexity index is 498. The lowest BCUT2D eigenvalue weighted by Gasteiger charge is -2.28. The molecule has 1 aliphatic rings. The number of amides is 1. The summed E-state index contributed by atoms with van der Waals surface area (Å²) < 4.78 is 0. The van der Waals surface area contributed by atoms with Crippen LogP contribution in [-0.4, -0.2) is 34.4 Å². The molecule has 22 heavy (non-hydrogen) atoms. The summed E-state index contributed by atoms with van der Waals surface area (Å²) in [6.45, 7) is 2.76. The minimum Gasteiger partial charge on any atom is -0.389 e. The number of carbonyl (C=O) groups is 1. The van der Waals surface area contributed by atoms with Crippen LogP contribution in [0, 0.1) is 0 Å². The van der Waals surface area contributed by atoms with Crippen LogP contribution in [0.25, 0.3) is 0 Å². The van der Waals surface area contributed by atoms with Crippen molar-refractivity contribution in [3.63, 3.8) is 0 Å². The zero-order chi connectivity index (χ0) is 16.0. The number of anilines is 1. The first-order valence-corrected chi connectivity index (χ1v) is 8.03. The highest BCUT2D eigenvalue weighted by Crippen LogP contribution is 2.32. The second kappa shape index (κ2) is 7.72. The Morgan fingerprint density at radius 2 is 2.09 bits per heavy atom. The smallest absolute Gasteiger partial charge is 0.224 e. The number of benzene rings is 1. The Kier molecular flexibility index (Phi) is 5.94. The maximum Gasteiger partial charge on any atom is 0.224 e. The molecule has 5 nitrogen and oxygen atoms in total. The van der Waals surface area contributed by atoms with Gasteiger partial charge in [0.25, 0.3) is 0 Å². The third-order valence-electron chi connectivity index (χ3n) is 4.29. The van der Waals surface area contributed by atoms with Crippen molar-refractivity contribution in [2.24, 2.45) is 0 Å². The number of aliphatic hydroxyl groups excluding tert-OH is 1. The van der Waals surface area contributed by atoms with Crippen molar-refractivity contribution in [3.8, 4) is 0 Å². The molecule has 0 bridgehead atoms. The number of hydrogen-bond acceptors (Lipinski definition) is 4. The molecule has 1 unspecified atom stereocenters. The molecular weight excluding hydrogens is 280 g/mol. The Morgan fingerprint density at radius 1 is 1.36 bits per heavy atom. The van der Waals surface area contributed by atoms with Crippen LogP contribution in [0.15, 0.2) is 24.3 Å². The summed E-state index contributed by atoms with van der Waals surface area (Å²) in [4.78, 5) is 11.4. The fraction of sp³-hybridized carbons (Fsp3) is 0.588. The largest absolute Gasteiger partial charge is 0.389 e. The van der Waals surface area contributed by atoms with Crippen molar-refractivity contribution in [1.82, 2.24) is 5.32 Å². The summed E-state index contributed by atoms with van der Waals surface area (Å²) in [6.07, 6.45) is 3.02. The van der Waals surface area contributed by atoms with Gasteiger partial charge in [-0.25, -0.2) is 0 Å². The Labute approximate surface area is 131 Å². The Balaban J connectivity index is 1.81. The number of aliphatic hydroxyl groups is 2. The molecule has 1 saturated carbocycles. The maximum absolute atomic E-state index is 11.4. The van der Waals surface area contributed by atoms with E-state index in [0.717, 1.165) is 24.1 Å². The zero-order valence-electron chi connectivity index (χ0n) is 13.1. The van der Waals surface area contributed by atoms with Gasteiger partial charge in [0.05, 0.1) is 11.7 Å². The van der Waals surface area contributed by atoms with Gasteiger partial charge in [0, 0.05) is 25.2 Å². The molecular formula is C17H26N2O3. The highest BCUT2D eigenvalue weighted by molar-refractivity contribution is 5.90. The second-order valence-corrected chi connectivity index (χ2v) is 6.06. The second-order valence-electron chi connectivity index (χ2n) is 6.06. The van der Waals surface area contributed by atoms with E-state index in [1.807, 2.05) is 31.2 Å². The van der Waals surface area contributed by atoms with Crippen molar-refractivity contribution < 1.29 is 15.0 Å². The van der Waals surface area contributed by atoms with Gasteiger partial charge in [-0.1, -0.05) is 31.9 Å². The molecule has 122 valence electrons. The molecule has 1 aromatic carbocycles. The van der Waals surface area contributed by atoms with E-state index in [0.29, 0.717) is 32.4 Å². The van der Waals surface area contributed by atoms with Crippen molar-refractivity contribution in [2.45, 2.75) is 57.3 Å². The van der Waals surface area contributed by atoms with Gasteiger partial charge in [-0.15, -0.1) is 0 Å². The average Bonchev–Trinajstić information content (AvgIpc) is 2.95. The van der Waals surface area contributed by atoms with Gasteiger partial charge in [-0.2, -0.15) is 0 Å². The highest BCUT2D eigenvalue weighted by atomic mass is 16.3. The standard InChI is InChI=1S/C17H26N2O3/c1-2-16(21)19-14-7-5-6-13(10-14)11-18-12-15(20)17(22)8-3-4-9-17/h5-7,10,15,18,20,22H,2-4,8-9,11-12H2,1H3,(H,19,21). The Hall–Kier alpha value is -1.43. The predicted octanol–water partition coefficient (Wildman–Crippen LogP) is 1.79. The van der Waals surface area contributed by atoms with E-state index in [9.17, 15) is 15.0 Å². The molecule has 4 N–H and O–H groups in total. The molecule has 2 rings (SSSR count). The van der Waals surface area contributed by atoms with E-state index in [2.05, 4.69) is 10.6 Å². The van der Waals surface area contributed by atoms with Crippen molar-refractivity contribution in [2.75, 3.05) is 11.9 Å². The summed E-state index contributed by atoms with van der Waals surface area (Å²) in [7, 11) is 0. The molecule has 0 heterocycles. The van der Waals surface area contributed by atoms with Crippen LogP contribution < -0.4 is 10.6 Å². The third-order valence-corrected chi connectivity index (χ3v) is 4.29. The van der Waals surface area contributed by atoms with Gasteiger partial charge < -0.3 is 20.8 Å². The molecule has 1 aliphatic carbocycles. The zero-order valence-corrected chi connectivity index (χ0v) is 13.1. The summed E-state index contributed by atoms with van der Waals surface area (Å²) in [5, 5.41) is 26.4. The van der Waals surface area contributed by atoms with Crippen LogP contribution in [-0.2, 0) is 11.3 Å². The molecule has 0 aromatic heterocycles. The van der Waals surface area contributed by atoms with Crippen molar-refractivity contribution >= 4 is 11.6 Å². The first-order valence-electron chi connectivity index (χ1n) is 8.03. The van der Waals surface area contributed by atoms with Gasteiger partial charge in [-0.05, 0) is 30.5 Å². The fourth-order valence-electron chi connectivity index (χ4n) is 2.87. The summed E-state index contributed by atoms with van der Waals surface area (Å²) in [5.41, 5.74) is 0.880. The molecule has 0 spiro atoms. The van der Waals surface area contributed by atoms with Gasteiger partial charge in [-0.3, -0.25) is 4.79 Å². The summed E-state index contributed by atoms with van der Waals surface area (Å²) in [5.74, 6) is -0.0102. The summed E-state index contributed by atoms with van der Waals surface area (Å²) >= 11 is 0. The van der Waals surface area contributed by atoms with Crippen LogP contribution in [0.5, 0.6) is 0 Å². The van der Waals surface area contributed by atoms with Crippen LogP contribution in [0.1, 0.15) is 44.6 Å². The molecule has 5 heteroatoms. The number of hydrogen-bond donors (Lipinski definition) is 4. The monoisotopic (exact) mass is 306 g/mol. The number of rotatable bonds is 7. The van der Waals surface area contributed by atoms with E-state index in [1.165, 1.54) is 0 Å². The van der Waals surface area contributed by atoms with Gasteiger partial charge in [0.1, 0.15) is 0 Å². The number of nitrogens with one attached hydrogen (secondary N) is 2. The maximum atomic E-state index is 11.4. The van der Waals surface area contributed by atoms with Gasteiger partial charge in [0.2, 0.25) is 5.91 Å². The molecule has 1 amide bonds. The molecule has 1 atom stereocenters. The average molecular weight is 306 g/mol. The van der Waals surface area contributed by atoms with E-state index < -0.39 is 11.7 Å². The SMILES string of the molecule is CCC(=O)Nc1cccc(CNCC(O)C2(O)CCCC2)c1. The highest BCUT2D eigenvalue weighted by Gasteiger charge is 2.37. The van der Waals surface area contributed by atoms with Gasteiger partial charge >= 0.3 is 0 Å². The molecule has 1 fully saturated rings. The normalized spacial score (nSPS) is 18.1. The quantitative estimate of drug-likeness (QED) is 0.619. The van der Waals surface area contributed by atoms with E-state index in [4.69, 9.17) is 0 Å². The topological polar surface area (TPSA) is 81.6 Å². The lowest BCUT2D eigenvalue weighted by molar-refractivity contribution is -0.115. The lowest BCUT2D eigenvalue weighted by Crippen LogP contribution is -2.45. The molecule has 0 radical (unpaired) electrons. The third kappa shape index (κ3) is 4.53. The lowest BCUT2D eigenvalue weighted by atomic mass is 9.95. The fourth-order valence-corrected chi connectivity index (χ4v) is 2.87. The molecule has 0 aliphatic heterocycles. The number of carbonyl (C=O) groups excluding carboxylic acids is 1. The van der Waals surface area contributed by atoms with Crippen molar-refractivity contribution in [1.29, 1.82) is 0 Å². The van der Waals surface area contributed by atoms with Crippen LogP contribution in [0.4, 0.5) is 5.69 Å². The first-order chi connectivity index (χ1) is 10.5. The first kappa shape index (κ1) is 16.9. The van der Waals surface area contributed by atoms with E-state index >= 15 is 0 Å². The molecule has 0 saturated heterocycles. The van der Waals surface area contributed by atoms with Crippen LogP contribution in [0.2, 0.25) is 0 Å². The minimum absolute atomic E-state index is 0.0102. The van der Waals surface area contributed by atoms with E-state index in [1.54, 1.807) is 0 Å². The van der Waals surface area contributed by atoms with Crippen LogP contribution >= 0.6 is 0 Å². The van der Waals surface area contributed by atoms with E-state index in [-0.39, 0.29) is 5.91 Å². The van der Waals surface area contributed by atoms with Crippen LogP contribution in [0.3, 0.4) is 0 Å². The minimum atomic E-state index is -0.927. The Morgan fingerprint density at radius 3 is 2.77 bits per heavy atom. The van der Waals surface area contributed by atoms with Gasteiger partial charge in [0.15, 0.2) is 0 Å².